The number of benzene rings is 1. The van der Waals surface area contributed by atoms with Gasteiger partial charge in [0.05, 0.1) is 11.6 Å². The highest BCUT2D eigenvalue weighted by molar-refractivity contribution is 7.10. The molecule has 1 aliphatic heterocycles. The summed E-state index contributed by atoms with van der Waals surface area (Å²) in [6, 6.07) is 5.38. The number of aryl methyl sites for hydroxylation is 1. The number of thiophene rings is 1. The van der Waals surface area contributed by atoms with Crippen LogP contribution in [0, 0.1) is 6.92 Å². The molecule has 0 radical (unpaired) electrons. The molecule has 1 aliphatic rings. The van der Waals surface area contributed by atoms with E-state index in [0.717, 1.165) is 0 Å². The van der Waals surface area contributed by atoms with E-state index in [0.29, 0.717) is 41.8 Å². The highest BCUT2D eigenvalue weighted by Gasteiger charge is 2.21. The van der Waals surface area contributed by atoms with Crippen molar-refractivity contribution in [2.75, 3.05) is 20.3 Å². The third kappa shape index (κ3) is 2.91. The van der Waals surface area contributed by atoms with Gasteiger partial charge in [0.25, 0.3) is 5.91 Å². The predicted octanol–water partition coefficient (Wildman–Crippen LogP) is 3.75. The first-order valence-electron chi connectivity index (χ1n) is 6.94. The molecule has 0 aliphatic carbocycles. The number of halogens is 1. The zero-order chi connectivity index (χ0) is 15.7. The van der Waals surface area contributed by atoms with E-state index in [4.69, 9.17) is 21.1 Å². The number of nitrogens with zero attached hydrogens (tertiary/aromatic N) is 1. The van der Waals surface area contributed by atoms with Gasteiger partial charge in [0, 0.05) is 17.5 Å². The monoisotopic (exact) mass is 337 g/mol. The fourth-order valence-corrected chi connectivity index (χ4v) is 3.53. The van der Waals surface area contributed by atoms with E-state index in [1.807, 2.05) is 12.3 Å². The second-order valence-corrected chi connectivity index (χ2v) is 6.58. The van der Waals surface area contributed by atoms with Gasteiger partial charge in [-0.1, -0.05) is 11.6 Å². The van der Waals surface area contributed by atoms with Crippen LogP contribution in [0.4, 0.5) is 0 Å². The summed E-state index contributed by atoms with van der Waals surface area (Å²) in [5.74, 6) is 0.954. The lowest BCUT2D eigenvalue weighted by molar-refractivity contribution is 0.0785. The largest absolute Gasteiger partial charge is 0.486 e. The molecule has 0 fully saturated rings. The molecule has 1 aromatic carbocycles. The van der Waals surface area contributed by atoms with E-state index < -0.39 is 0 Å². The van der Waals surface area contributed by atoms with Crippen molar-refractivity contribution in [3.63, 3.8) is 0 Å². The molecule has 1 aromatic heterocycles. The first-order chi connectivity index (χ1) is 10.6. The third-order valence-corrected chi connectivity index (χ3v) is 4.83. The Morgan fingerprint density at radius 1 is 1.36 bits per heavy atom. The summed E-state index contributed by atoms with van der Waals surface area (Å²) in [4.78, 5) is 15.5. The Kier molecular flexibility index (Phi) is 4.27. The first-order valence-corrected chi connectivity index (χ1v) is 8.19. The summed E-state index contributed by atoms with van der Waals surface area (Å²) in [5.41, 5.74) is 1.70. The number of amides is 1. The van der Waals surface area contributed by atoms with Crippen molar-refractivity contribution in [3.05, 3.63) is 44.6 Å². The van der Waals surface area contributed by atoms with Gasteiger partial charge in [0.1, 0.15) is 13.2 Å². The van der Waals surface area contributed by atoms with Crippen molar-refractivity contribution in [1.29, 1.82) is 0 Å². The first kappa shape index (κ1) is 15.2. The van der Waals surface area contributed by atoms with Gasteiger partial charge in [-0.3, -0.25) is 4.79 Å². The van der Waals surface area contributed by atoms with E-state index in [1.165, 1.54) is 10.4 Å². The summed E-state index contributed by atoms with van der Waals surface area (Å²) in [6.07, 6.45) is 0. The highest BCUT2D eigenvalue weighted by Crippen LogP contribution is 2.38. The third-order valence-electron chi connectivity index (χ3n) is 3.54. The maximum atomic E-state index is 12.6. The van der Waals surface area contributed by atoms with E-state index in [-0.39, 0.29) is 5.91 Å². The molecule has 2 aromatic rings. The Labute approximate surface area is 138 Å². The molecule has 0 atom stereocenters. The molecule has 0 N–H and O–H groups in total. The molecule has 0 saturated heterocycles. The van der Waals surface area contributed by atoms with Crippen LogP contribution >= 0.6 is 22.9 Å². The average molecular weight is 338 g/mol. The Morgan fingerprint density at radius 3 is 2.86 bits per heavy atom. The van der Waals surface area contributed by atoms with Crippen LogP contribution in [0.2, 0.25) is 5.02 Å². The summed E-state index contributed by atoms with van der Waals surface area (Å²) in [6.45, 7) is 3.56. The van der Waals surface area contributed by atoms with Crippen LogP contribution in [0.25, 0.3) is 0 Å². The molecule has 116 valence electrons. The Hall–Kier alpha value is -1.72. The number of carbonyl (C=O) groups excluding carboxylic acids is 1. The van der Waals surface area contributed by atoms with Crippen molar-refractivity contribution < 1.29 is 14.3 Å². The minimum atomic E-state index is -0.0910. The van der Waals surface area contributed by atoms with Crippen LogP contribution in [0.15, 0.2) is 23.6 Å². The van der Waals surface area contributed by atoms with Crippen molar-refractivity contribution >= 4 is 28.8 Å². The molecule has 2 heterocycles. The molecule has 3 rings (SSSR count). The van der Waals surface area contributed by atoms with Gasteiger partial charge in [-0.15, -0.1) is 11.3 Å². The second kappa shape index (κ2) is 6.18. The van der Waals surface area contributed by atoms with Crippen LogP contribution in [-0.2, 0) is 6.54 Å². The zero-order valence-electron chi connectivity index (χ0n) is 12.4. The fourth-order valence-electron chi connectivity index (χ4n) is 2.31. The highest BCUT2D eigenvalue weighted by atomic mass is 35.5. The lowest BCUT2D eigenvalue weighted by Gasteiger charge is -2.22. The van der Waals surface area contributed by atoms with Crippen molar-refractivity contribution in [2.45, 2.75) is 13.5 Å². The van der Waals surface area contributed by atoms with Gasteiger partial charge in [-0.05, 0) is 36.1 Å². The molecule has 0 bridgehead atoms. The molecule has 22 heavy (non-hydrogen) atoms. The minimum absolute atomic E-state index is 0.0910. The number of carbonyl (C=O) groups is 1. The Bertz CT molecular complexity index is 713. The predicted molar refractivity (Wildman–Crippen MR) is 87.3 cm³/mol. The fraction of sp³-hybridized carbons (Fsp3) is 0.312. The van der Waals surface area contributed by atoms with Gasteiger partial charge < -0.3 is 14.4 Å². The molecule has 4 nitrogen and oxygen atoms in total. The summed E-state index contributed by atoms with van der Waals surface area (Å²) in [7, 11) is 1.78. The van der Waals surface area contributed by atoms with E-state index in [1.54, 1.807) is 35.4 Å². The number of fused-ring (bicyclic) bond motifs is 1. The Balaban J connectivity index is 1.82. The normalized spacial score (nSPS) is 13.0. The SMILES string of the molecule is Cc1ccsc1CN(C)C(=O)c1cc(Cl)c2c(c1)OCCO2. The maximum Gasteiger partial charge on any atom is 0.254 e. The molecule has 1 amide bonds. The number of hydrogen-bond acceptors (Lipinski definition) is 4. The van der Waals surface area contributed by atoms with Crippen LogP contribution in [-0.4, -0.2) is 31.1 Å². The van der Waals surface area contributed by atoms with Gasteiger partial charge in [-0.25, -0.2) is 0 Å². The average Bonchev–Trinajstić information content (AvgIpc) is 2.91. The molecule has 0 unspecified atom stereocenters. The van der Waals surface area contributed by atoms with Crippen LogP contribution < -0.4 is 9.47 Å². The molecule has 0 saturated carbocycles. The van der Waals surface area contributed by atoms with Crippen molar-refractivity contribution in [1.82, 2.24) is 4.90 Å². The molecular weight excluding hydrogens is 322 g/mol. The summed E-state index contributed by atoms with van der Waals surface area (Å²) in [5, 5.41) is 2.44. The summed E-state index contributed by atoms with van der Waals surface area (Å²) >= 11 is 7.84. The lowest BCUT2D eigenvalue weighted by Crippen LogP contribution is -2.26. The zero-order valence-corrected chi connectivity index (χ0v) is 14.0. The van der Waals surface area contributed by atoms with Crippen molar-refractivity contribution in [2.24, 2.45) is 0 Å². The van der Waals surface area contributed by atoms with E-state index in [9.17, 15) is 4.79 Å². The number of rotatable bonds is 3. The Morgan fingerprint density at radius 2 is 2.14 bits per heavy atom. The van der Waals surface area contributed by atoms with Crippen molar-refractivity contribution in [3.8, 4) is 11.5 Å². The van der Waals surface area contributed by atoms with Gasteiger partial charge in [0.15, 0.2) is 11.5 Å². The van der Waals surface area contributed by atoms with E-state index >= 15 is 0 Å². The molecule has 6 heteroatoms. The second-order valence-electron chi connectivity index (χ2n) is 5.17. The van der Waals surface area contributed by atoms with Crippen LogP contribution in [0.5, 0.6) is 11.5 Å². The number of hydrogen-bond donors (Lipinski definition) is 0. The minimum Gasteiger partial charge on any atom is -0.486 e. The molecular formula is C16H16ClNO3S. The standard InChI is InChI=1S/C16H16ClNO3S/c1-10-3-6-22-14(10)9-18(2)16(19)11-7-12(17)15-13(8-11)20-4-5-21-15/h3,6-8H,4-5,9H2,1-2H3. The van der Waals surface area contributed by atoms with Crippen LogP contribution in [0.3, 0.4) is 0 Å². The number of ether oxygens (including phenoxy) is 2. The summed E-state index contributed by atoms with van der Waals surface area (Å²) < 4.78 is 11.0. The van der Waals surface area contributed by atoms with Gasteiger partial charge in [0.2, 0.25) is 0 Å². The van der Waals surface area contributed by atoms with Crippen LogP contribution in [0.1, 0.15) is 20.8 Å². The maximum absolute atomic E-state index is 12.6. The van der Waals surface area contributed by atoms with Gasteiger partial charge in [-0.2, -0.15) is 0 Å². The van der Waals surface area contributed by atoms with Gasteiger partial charge >= 0.3 is 0 Å². The van der Waals surface area contributed by atoms with E-state index in [2.05, 4.69) is 6.07 Å². The smallest absolute Gasteiger partial charge is 0.254 e. The quantitative estimate of drug-likeness (QED) is 0.856. The topological polar surface area (TPSA) is 38.8 Å². The molecule has 0 spiro atoms. The lowest BCUT2D eigenvalue weighted by atomic mass is 10.1.